The molecular weight excluding hydrogens is 214 g/mol. The van der Waals surface area contributed by atoms with Crippen LogP contribution in [0.2, 0.25) is 0 Å². The van der Waals surface area contributed by atoms with Crippen molar-refractivity contribution in [1.82, 2.24) is 5.32 Å². The standard InChI is InChI=1S/C14H21NO2/c1-2-17-14-5-3-12(4-6-14)9-13-10-15-7-8-16-11-13/h3-6,13,15H,2,7-11H2,1H3. The lowest BCUT2D eigenvalue weighted by atomic mass is 10.00. The van der Waals surface area contributed by atoms with Crippen LogP contribution in [0.15, 0.2) is 24.3 Å². The summed E-state index contributed by atoms with van der Waals surface area (Å²) in [6.45, 7) is 6.44. The van der Waals surface area contributed by atoms with Gasteiger partial charge in [-0.2, -0.15) is 0 Å². The number of ether oxygens (including phenoxy) is 2. The van der Waals surface area contributed by atoms with Crippen molar-refractivity contribution in [3.8, 4) is 5.75 Å². The molecule has 1 aliphatic rings. The van der Waals surface area contributed by atoms with E-state index >= 15 is 0 Å². The van der Waals surface area contributed by atoms with Gasteiger partial charge in [-0.1, -0.05) is 12.1 Å². The van der Waals surface area contributed by atoms with Gasteiger partial charge in [-0.3, -0.25) is 0 Å². The molecule has 17 heavy (non-hydrogen) atoms. The molecule has 0 saturated carbocycles. The second-order valence-corrected chi connectivity index (χ2v) is 4.43. The molecule has 1 heterocycles. The van der Waals surface area contributed by atoms with Gasteiger partial charge < -0.3 is 14.8 Å². The van der Waals surface area contributed by atoms with Crippen molar-refractivity contribution in [3.63, 3.8) is 0 Å². The van der Waals surface area contributed by atoms with Gasteiger partial charge in [0.25, 0.3) is 0 Å². The SMILES string of the molecule is CCOc1ccc(CC2CNCCOC2)cc1. The van der Waals surface area contributed by atoms with Gasteiger partial charge in [0.2, 0.25) is 0 Å². The molecule has 0 aliphatic carbocycles. The molecule has 1 aromatic carbocycles. The van der Waals surface area contributed by atoms with Gasteiger partial charge in [-0.05, 0) is 37.0 Å². The number of hydrogen-bond acceptors (Lipinski definition) is 3. The van der Waals surface area contributed by atoms with Gasteiger partial charge in [0, 0.05) is 13.1 Å². The number of nitrogens with one attached hydrogen (secondary N) is 1. The average Bonchev–Trinajstić information content (AvgIpc) is 2.61. The molecule has 2 rings (SSSR count). The quantitative estimate of drug-likeness (QED) is 0.864. The lowest BCUT2D eigenvalue weighted by Gasteiger charge is -2.13. The summed E-state index contributed by atoms with van der Waals surface area (Å²) in [6.07, 6.45) is 1.07. The maximum Gasteiger partial charge on any atom is 0.119 e. The Bertz CT molecular complexity index is 315. The van der Waals surface area contributed by atoms with Gasteiger partial charge in [0.05, 0.1) is 19.8 Å². The predicted octanol–water partition coefficient (Wildman–Crippen LogP) is 1.86. The Morgan fingerprint density at radius 2 is 2.18 bits per heavy atom. The fourth-order valence-electron chi connectivity index (χ4n) is 2.11. The van der Waals surface area contributed by atoms with Crippen LogP contribution in [0.5, 0.6) is 5.75 Å². The molecule has 94 valence electrons. The summed E-state index contributed by atoms with van der Waals surface area (Å²) in [5.41, 5.74) is 1.35. The Labute approximate surface area is 103 Å². The normalized spacial score (nSPS) is 20.9. The number of hydrogen-bond donors (Lipinski definition) is 1. The third-order valence-corrected chi connectivity index (χ3v) is 2.97. The molecule has 1 aromatic rings. The van der Waals surface area contributed by atoms with Crippen LogP contribution in [-0.2, 0) is 11.2 Å². The fraction of sp³-hybridized carbons (Fsp3) is 0.571. The van der Waals surface area contributed by atoms with E-state index in [1.165, 1.54) is 5.56 Å². The first-order valence-electron chi connectivity index (χ1n) is 6.38. The van der Waals surface area contributed by atoms with Crippen LogP contribution in [0.4, 0.5) is 0 Å². The second kappa shape index (κ2) is 6.62. The minimum absolute atomic E-state index is 0.579. The monoisotopic (exact) mass is 235 g/mol. The first-order chi connectivity index (χ1) is 8.38. The van der Waals surface area contributed by atoms with Gasteiger partial charge in [0.1, 0.15) is 5.75 Å². The molecule has 0 amide bonds. The first-order valence-corrected chi connectivity index (χ1v) is 6.38. The molecule has 1 atom stereocenters. The van der Waals surface area contributed by atoms with Crippen molar-refractivity contribution in [3.05, 3.63) is 29.8 Å². The van der Waals surface area contributed by atoms with Crippen LogP contribution in [0.1, 0.15) is 12.5 Å². The lowest BCUT2D eigenvalue weighted by Crippen LogP contribution is -2.24. The lowest BCUT2D eigenvalue weighted by molar-refractivity contribution is 0.123. The average molecular weight is 235 g/mol. The van der Waals surface area contributed by atoms with E-state index in [1.54, 1.807) is 0 Å². The van der Waals surface area contributed by atoms with Gasteiger partial charge in [-0.25, -0.2) is 0 Å². The number of benzene rings is 1. The highest BCUT2D eigenvalue weighted by Crippen LogP contribution is 2.15. The van der Waals surface area contributed by atoms with Crippen LogP contribution in [0.25, 0.3) is 0 Å². The van der Waals surface area contributed by atoms with E-state index < -0.39 is 0 Å². The van der Waals surface area contributed by atoms with E-state index in [4.69, 9.17) is 9.47 Å². The Kier molecular flexibility index (Phi) is 4.83. The summed E-state index contributed by atoms with van der Waals surface area (Å²) in [6, 6.07) is 8.39. The molecule has 3 heteroatoms. The van der Waals surface area contributed by atoms with Crippen LogP contribution in [0, 0.1) is 5.92 Å². The summed E-state index contributed by atoms with van der Waals surface area (Å²) in [7, 11) is 0. The number of rotatable bonds is 4. The van der Waals surface area contributed by atoms with E-state index in [1.807, 2.05) is 19.1 Å². The van der Waals surface area contributed by atoms with E-state index in [9.17, 15) is 0 Å². The zero-order valence-corrected chi connectivity index (χ0v) is 10.4. The van der Waals surface area contributed by atoms with Crippen LogP contribution in [-0.4, -0.2) is 32.9 Å². The van der Waals surface area contributed by atoms with Crippen molar-refractivity contribution in [1.29, 1.82) is 0 Å². The Morgan fingerprint density at radius 1 is 1.35 bits per heavy atom. The van der Waals surface area contributed by atoms with Crippen molar-refractivity contribution in [2.24, 2.45) is 5.92 Å². The third-order valence-electron chi connectivity index (χ3n) is 2.97. The molecule has 1 N–H and O–H groups in total. The highest BCUT2D eigenvalue weighted by molar-refractivity contribution is 5.27. The van der Waals surface area contributed by atoms with Gasteiger partial charge >= 0.3 is 0 Å². The molecule has 0 radical (unpaired) electrons. The highest BCUT2D eigenvalue weighted by atomic mass is 16.5. The highest BCUT2D eigenvalue weighted by Gasteiger charge is 2.12. The maximum atomic E-state index is 5.55. The molecule has 0 aromatic heterocycles. The first kappa shape index (κ1) is 12.4. The van der Waals surface area contributed by atoms with E-state index in [0.717, 1.165) is 45.1 Å². The Hall–Kier alpha value is -1.06. The smallest absolute Gasteiger partial charge is 0.119 e. The van der Waals surface area contributed by atoms with E-state index in [-0.39, 0.29) is 0 Å². The summed E-state index contributed by atoms with van der Waals surface area (Å²) in [5.74, 6) is 1.53. The molecule has 0 spiro atoms. The topological polar surface area (TPSA) is 30.5 Å². The predicted molar refractivity (Wildman–Crippen MR) is 68.5 cm³/mol. The van der Waals surface area contributed by atoms with Crippen molar-refractivity contribution in [2.75, 3.05) is 32.9 Å². The summed E-state index contributed by atoms with van der Waals surface area (Å²) >= 11 is 0. The maximum absolute atomic E-state index is 5.55. The minimum atomic E-state index is 0.579. The van der Waals surface area contributed by atoms with E-state index in [2.05, 4.69) is 17.4 Å². The van der Waals surface area contributed by atoms with Crippen molar-refractivity contribution >= 4 is 0 Å². The fourth-order valence-corrected chi connectivity index (χ4v) is 2.11. The van der Waals surface area contributed by atoms with Gasteiger partial charge in [-0.15, -0.1) is 0 Å². The minimum Gasteiger partial charge on any atom is -0.494 e. The molecule has 0 bridgehead atoms. The van der Waals surface area contributed by atoms with Crippen LogP contribution >= 0.6 is 0 Å². The second-order valence-electron chi connectivity index (χ2n) is 4.43. The largest absolute Gasteiger partial charge is 0.494 e. The zero-order chi connectivity index (χ0) is 11.9. The summed E-state index contributed by atoms with van der Waals surface area (Å²) in [4.78, 5) is 0. The summed E-state index contributed by atoms with van der Waals surface area (Å²) in [5, 5.41) is 3.40. The van der Waals surface area contributed by atoms with Crippen molar-refractivity contribution < 1.29 is 9.47 Å². The third kappa shape index (κ3) is 4.02. The molecule has 1 saturated heterocycles. The molecule has 1 unspecified atom stereocenters. The Balaban J connectivity index is 1.88. The Morgan fingerprint density at radius 3 is 2.94 bits per heavy atom. The molecule has 1 fully saturated rings. The zero-order valence-electron chi connectivity index (χ0n) is 10.4. The summed E-state index contributed by atoms with van der Waals surface area (Å²) < 4.78 is 11.0. The molecular formula is C14H21NO2. The van der Waals surface area contributed by atoms with Crippen molar-refractivity contribution in [2.45, 2.75) is 13.3 Å². The molecule has 1 aliphatic heterocycles. The van der Waals surface area contributed by atoms with Crippen LogP contribution < -0.4 is 10.1 Å². The van der Waals surface area contributed by atoms with Crippen LogP contribution in [0.3, 0.4) is 0 Å². The van der Waals surface area contributed by atoms with E-state index in [0.29, 0.717) is 5.92 Å². The molecule has 3 nitrogen and oxygen atoms in total. The van der Waals surface area contributed by atoms with Gasteiger partial charge in [0.15, 0.2) is 0 Å².